The molecule has 0 fully saturated rings. The lowest BCUT2D eigenvalue weighted by molar-refractivity contribution is -0.148. The van der Waals surface area contributed by atoms with Gasteiger partial charge in [-0.15, -0.1) is 6.58 Å². The van der Waals surface area contributed by atoms with Crippen molar-refractivity contribution in [2.24, 2.45) is 5.92 Å². The fraction of sp³-hybridized carbons (Fsp3) is 0.727. The van der Waals surface area contributed by atoms with Crippen LogP contribution < -0.4 is 5.32 Å². The molecule has 0 rings (SSSR count). The Morgan fingerprint density at radius 1 is 1.64 bits per heavy atom. The van der Waals surface area contributed by atoms with Gasteiger partial charge in [0.1, 0.15) is 5.54 Å². The molecule has 1 atom stereocenters. The van der Waals surface area contributed by atoms with Gasteiger partial charge in [-0.25, -0.2) is 0 Å². The lowest BCUT2D eigenvalue weighted by Gasteiger charge is -2.29. The number of carbonyl (C=O) groups is 1. The molecule has 0 saturated carbocycles. The number of hydrogen-bond acceptors (Lipinski definition) is 3. The van der Waals surface area contributed by atoms with Crippen molar-refractivity contribution in [3.05, 3.63) is 12.7 Å². The van der Waals surface area contributed by atoms with Gasteiger partial charge in [-0.3, -0.25) is 10.1 Å². The predicted molar refractivity (Wildman–Crippen MR) is 58.1 cm³/mol. The zero-order chi connectivity index (χ0) is 11.2. The minimum atomic E-state index is -0.600. The smallest absolute Gasteiger partial charge is 0.325 e. The van der Waals surface area contributed by atoms with E-state index in [9.17, 15) is 4.79 Å². The number of ether oxygens (including phenoxy) is 1. The van der Waals surface area contributed by atoms with Crippen LogP contribution in [0.5, 0.6) is 0 Å². The van der Waals surface area contributed by atoms with Gasteiger partial charge < -0.3 is 4.74 Å². The Hall–Kier alpha value is -0.830. The van der Waals surface area contributed by atoms with Crippen LogP contribution in [0.2, 0.25) is 0 Å². The lowest BCUT2D eigenvalue weighted by Crippen LogP contribution is -2.51. The Morgan fingerprint density at radius 3 is 2.57 bits per heavy atom. The summed E-state index contributed by atoms with van der Waals surface area (Å²) in [7, 11) is 1.41. The van der Waals surface area contributed by atoms with Crippen LogP contribution in [0.1, 0.15) is 27.2 Å². The summed E-state index contributed by atoms with van der Waals surface area (Å²) in [5, 5.41) is 3.14. The zero-order valence-corrected chi connectivity index (χ0v) is 9.59. The standard InChI is InChI=1S/C11H21NO2/c1-6-7-12-11(4,8-9(2)3)10(13)14-5/h6,9,12H,1,7-8H2,2-5H3. The van der Waals surface area contributed by atoms with Gasteiger partial charge in [0.25, 0.3) is 0 Å². The van der Waals surface area contributed by atoms with Crippen molar-refractivity contribution in [1.82, 2.24) is 5.32 Å². The van der Waals surface area contributed by atoms with Gasteiger partial charge in [0.2, 0.25) is 0 Å². The molecule has 0 bridgehead atoms. The van der Waals surface area contributed by atoms with E-state index in [-0.39, 0.29) is 5.97 Å². The molecular formula is C11H21NO2. The van der Waals surface area contributed by atoms with E-state index in [1.54, 1.807) is 6.08 Å². The number of carbonyl (C=O) groups excluding carboxylic acids is 1. The minimum absolute atomic E-state index is 0.215. The highest BCUT2D eigenvalue weighted by molar-refractivity contribution is 5.80. The number of esters is 1. The van der Waals surface area contributed by atoms with E-state index in [1.807, 2.05) is 6.92 Å². The van der Waals surface area contributed by atoms with Crippen LogP contribution in [0.4, 0.5) is 0 Å². The highest BCUT2D eigenvalue weighted by atomic mass is 16.5. The molecule has 0 heterocycles. The molecule has 0 amide bonds. The van der Waals surface area contributed by atoms with Crippen molar-refractivity contribution in [3.8, 4) is 0 Å². The van der Waals surface area contributed by atoms with E-state index < -0.39 is 5.54 Å². The molecule has 3 nitrogen and oxygen atoms in total. The first kappa shape index (κ1) is 13.2. The fourth-order valence-electron chi connectivity index (χ4n) is 1.57. The van der Waals surface area contributed by atoms with E-state index in [0.717, 1.165) is 6.42 Å². The Labute approximate surface area is 86.5 Å². The molecule has 1 unspecified atom stereocenters. The highest BCUT2D eigenvalue weighted by Gasteiger charge is 2.33. The van der Waals surface area contributed by atoms with Crippen LogP contribution in [0.3, 0.4) is 0 Å². The summed E-state index contributed by atoms with van der Waals surface area (Å²) >= 11 is 0. The maximum Gasteiger partial charge on any atom is 0.325 e. The molecule has 1 N–H and O–H groups in total. The summed E-state index contributed by atoms with van der Waals surface area (Å²) in [6.07, 6.45) is 2.50. The quantitative estimate of drug-likeness (QED) is 0.523. The summed E-state index contributed by atoms with van der Waals surface area (Å²) in [5.41, 5.74) is -0.600. The fourth-order valence-corrected chi connectivity index (χ4v) is 1.57. The molecule has 0 aromatic carbocycles. The number of rotatable bonds is 6. The Kier molecular flexibility index (Phi) is 5.46. The van der Waals surface area contributed by atoms with Crippen LogP contribution in [0.25, 0.3) is 0 Å². The largest absolute Gasteiger partial charge is 0.468 e. The second kappa shape index (κ2) is 5.81. The molecule has 0 aromatic rings. The summed E-state index contributed by atoms with van der Waals surface area (Å²) in [4.78, 5) is 11.6. The third kappa shape index (κ3) is 3.92. The van der Waals surface area contributed by atoms with Crippen molar-refractivity contribution in [1.29, 1.82) is 0 Å². The topological polar surface area (TPSA) is 38.3 Å². The lowest BCUT2D eigenvalue weighted by atomic mass is 9.90. The van der Waals surface area contributed by atoms with Crippen LogP contribution in [0.15, 0.2) is 12.7 Å². The molecule has 0 spiro atoms. The van der Waals surface area contributed by atoms with Gasteiger partial charge in [-0.1, -0.05) is 19.9 Å². The van der Waals surface area contributed by atoms with Crippen LogP contribution in [-0.2, 0) is 9.53 Å². The van der Waals surface area contributed by atoms with Gasteiger partial charge in [0.15, 0.2) is 0 Å². The summed E-state index contributed by atoms with van der Waals surface area (Å²) in [6, 6.07) is 0. The minimum Gasteiger partial charge on any atom is -0.468 e. The van der Waals surface area contributed by atoms with Crippen LogP contribution in [0, 0.1) is 5.92 Å². The molecule has 3 heteroatoms. The summed E-state index contributed by atoms with van der Waals surface area (Å²) in [6.45, 7) is 10.2. The van der Waals surface area contributed by atoms with Gasteiger partial charge in [0.05, 0.1) is 7.11 Å². The van der Waals surface area contributed by atoms with Crippen molar-refractivity contribution in [2.75, 3.05) is 13.7 Å². The van der Waals surface area contributed by atoms with Crippen molar-refractivity contribution >= 4 is 5.97 Å². The Bertz CT molecular complexity index is 201. The van der Waals surface area contributed by atoms with Gasteiger partial charge in [-0.2, -0.15) is 0 Å². The molecule has 0 aromatic heterocycles. The van der Waals surface area contributed by atoms with Gasteiger partial charge in [0, 0.05) is 6.54 Å². The number of methoxy groups -OCH3 is 1. The molecule has 0 aliphatic heterocycles. The second-order valence-electron chi connectivity index (χ2n) is 4.09. The third-order valence-electron chi connectivity index (χ3n) is 2.09. The molecule has 0 aliphatic carbocycles. The monoisotopic (exact) mass is 199 g/mol. The zero-order valence-electron chi connectivity index (χ0n) is 9.59. The van der Waals surface area contributed by atoms with Crippen LogP contribution in [-0.4, -0.2) is 25.2 Å². The maximum absolute atomic E-state index is 11.6. The van der Waals surface area contributed by atoms with E-state index >= 15 is 0 Å². The predicted octanol–water partition coefficient (Wildman–Crippen LogP) is 1.74. The van der Waals surface area contributed by atoms with E-state index in [2.05, 4.69) is 25.7 Å². The average Bonchev–Trinajstić information content (AvgIpc) is 2.12. The summed E-state index contributed by atoms with van der Waals surface area (Å²) < 4.78 is 4.78. The van der Waals surface area contributed by atoms with Crippen molar-refractivity contribution in [2.45, 2.75) is 32.7 Å². The Morgan fingerprint density at radius 2 is 2.21 bits per heavy atom. The van der Waals surface area contributed by atoms with Crippen molar-refractivity contribution in [3.63, 3.8) is 0 Å². The number of hydrogen-bond donors (Lipinski definition) is 1. The normalized spacial score (nSPS) is 14.9. The molecule has 0 radical (unpaired) electrons. The van der Waals surface area contributed by atoms with Crippen LogP contribution >= 0.6 is 0 Å². The number of nitrogens with one attached hydrogen (secondary N) is 1. The molecule has 14 heavy (non-hydrogen) atoms. The summed E-state index contributed by atoms with van der Waals surface area (Å²) in [5.74, 6) is 0.226. The molecular weight excluding hydrogens is 178 g/mol. The first-order valence-corrected chi connectivity index (χ1v) is 4.90. The van der Waals surface area contributed by atoms with E-state index in [1.165, 1.54) is 7.11 Å². The van der Waals surface area contributed by atoms with Gasteiger partial charge >= 0.3 is 5.97 Å². The van der Waals surface area contributed by atoms with E-state index in [4.69, 9.17) is 4.74 Å². The molecule has 82 valence electrons. The average molecular weight is 199 g/mol. The maximum atomic E-state index is 11.6. The third-order valence-corrected chi connectivity index (χ3v) is 2.09. The first-order chi connectivity index (χ1) is 6.46. The van der Waals surface area contributed by atoms with Crippen molar-refractivity contribution < 1.29 is 9.53 Å². The highest BCUT2D eigenvalue weighted by Crippen LogP contribution is 2.17. The van der Waals surface area contributed by atoms with E-state index in [0.29, 0.717) is 12.5 Å². The second-order valence-corrected chi connectivity index (χ2v) is 4.09. The SMILES string of the molecule is C=CCNC(C)(CC(C)C)C(=O)OC. The molecule has 0 saturated heterocycles. The Balaban J connectivity index is 4.47. The molecule has 0 aliphatic rings. The van der Waals surface area contributed by atoms with Gasteiger partial charge in [-0.05, 0) is 19.3 Å². The first-order valence-electron chi connectivity index (χ1n) is 4.90.